The molecule has 106 valence electrons. The number of carboxylic acid groups (broad SMARTS) is 1. The summed E-state index contributed by atoms with van der Waals surface area (Å²) in [5, 5.41) is 13.9. The average Bonchev–Trinajstić information content (AvgIpc) is 2.72. The lowest BCUT2D eigenvalue weighted by atomic mass is 9.95. The van der Waals surface area contributed by atoms with Crippen molar-refractivity contribution in [2.75, 3.05) is 0 Å². The van der Waals surface area contributed by atoms with E-state index >= 15 is 0 Å². The second-order valence-electron chi connectivity index (χ2n) is 5.54. The van der Waals surface area contributed by atoms with Crippen molar-refractivity contribution in [1.82, 2.24) is 9.78 Å². The molecule has 0 aliphatic carbocycles. The molecular formula is C16H20N2O2. The molecule has 1 heterocycles. The van der Waals surface area contributed by atoms with Crippen molar-refractivity contribution in [2.24, 2.45) is 0 Å². The zero-order valence-electron chi connectivity index (χ0n) is 12.6. The molecule has 2 aromatic rings. The molecule has 0 amide bonds. The zero-order valence-corrected chi connectivity index (χ0v) is 12.6. The number of carbonyl (C=O) groups is 1. The first-order valence-electron chi connectivity index (χ1n) is 6.72. The molecule has 0 bridgehead atoms. The number of aryl methyl sites for hydroxylation is 3. The van der Waals surface area contributed by atoms with E-state index in [0.717, 1.165) is 16.7 Å². The highest BCUT2D eigenvalue weighted by atomic mass is 16.4. The van der Waals surface area contributed by atoms with Gasteiger partial charge in [0.1, 0.15) is 11.3 Å². The molecule has 4 nitrogen and oxygen atoms in total. The Labute approximate surface area is 119 Å². The van der Waals surface area contributed by atoms with Crippen LogP contribution in [0.4, 0.5) is 0 Å². The summed E-state index contributed by atoms with van der Waals surface area (Å²) in [6.07, 6.45) is 1.61. The van der Waals surface area contributed by atoms with Gasteiger partial charge in [0, 0.05) is 17.8 Å². The first kappa shape index (κ1) is 14.3. The van der Waals surface area contributed by atoms with Crippen LogP contribution in [0.1, 0.15) is 46.9 Å². The molecule has 1 N–H and O–H groups in total. The maximum atomic E-state index is 11.5. The third-order valence-electron chi connectivity index (χ3n) is 3.41. The van der Waals surface area contributed by atoms with E-state index in [4.69, 9.17) is 0 Å². The van der Waals surface area contributed by atoms with Crippen molar-refractivity contribution in [1.29, 1.82) is 0 Å². The Morgan fingerprint density at radius 2 is 1.75 bits per heavy atom. The van der Waals surface area contributed by atoms with E-state index in [1.165, 1.54) is 5.56 Å². The quantitative estimate of drug-likeness (QED) is 0.925. The molecule has 20 heavy (non-hydrogen) atoms. The summed E-state index contributed by atoms with van der Waals surface area (Å²) in [7, 11) is 0. The average molecular weight is 272 g/mol. The Kier molecular flexibility index (Phi) is 3.66. The van der Waals surface area contributed by atoms with Crippen molar-refractivity contribution in [3.05, 3.63) is 40.6 Å². The fraction of sp³-hybridized carbons (Fsp3) is 0.375. The van der Waals surface area contributed by atoms with E-state index in [0.29, 0.717) is 5.69 Å². The Hall–Kier alpha value is -2.10. The van der Waals surface area contributed by atoms with Gasteiger partial charge < -0.3 is 5.11 Å². The van der Waals surface area contributed by atoms with Crippen LogP contribution >= 0.6 is 0 Å². The number of benzene rings is 1. The molecule has 1 aromatic carbocycles. The molecule has 0 aliphatic rings. The SMILES string of the molecule is Cc1cc(C)c(-c2nn(C(C)C)cc2C(=O)O)c(C)c1. The minimum Gasteiger partial charge on any atom is -0.478 e. The van der Waals surface area contributed by atoms with Crippen LogP contribution in [0, 0.1) is 20.8 Å². The molecule has 0 unspecified atom stereocenters. The topological polar surface area (TPSA) is 55.1 Å². The van der Waals surface area contributed by atoms with Gasteiger partial charge in [-0.3, -0.25) is 4.68 Å². The van der Waals surface area contributed by atoms with Crippen molar-refractivity contribution in [2.45, 2.75) is 40.7 Å². The number of hydrogen-bond acceptors (Lipinski definition) is 2. The van der Waals surface area contributed by atoms with Crippen molar-refractivity contribution >= 4 is 5.97 Å². The van der Waals surface area contributed by atoms with E-state index in [-0.39, 0.29) is 11.6 Å². The monoisotopic (exact) mass is 272 g/mol. The molecule has 2 rings (SSSR count). The van der Waals surface area contributed by atoms with Crippen molar-refractivity contribution < 1.29 is 9.90 Å². The number of nitrogens with zero attached hydrogens (tertiary/aromatic N) is 2. The largest absolute Gasteiger partial charge is 0.478 e. The van der Waals surface area contributed by atoms with E-state index in [9.17, 15) is 9.90 Å². The smallest absolute Gasteiger partial charge is 0.339 e. The molecule has 4 heteroatoms. The predicted octanol–water partition coefficient (Wildman–Crippen LogP) is 3.75. The highest BCUT2D eigenvalue weighted by molar-refractivity contribution is 5.95. The summed E-state index contributed by atoms with van der Waals surface area (Å²) < 4.78 is 1.71. The summed E-state index contributed by atoms with van der Waals surface area (Å²) in [4.78, 5) is 11.5. The summed E-state index contributed by atoms with van der Waals surface area (Å²) in [5.74, 6) is -0.939. The van der Waals surface area contributed by atoms with Crippen LogP contribution in [0.25, 0.3) is 11.3 Å². The van der Waals surface area contributed by atoms with Crippen molar-refractivity contribution in [3.63, 3.8) is 0 Å². The van der Waals surface area contributed by atoms with Crippen LogP contribution < -0.4 is 0 Å². The molecule has 1 aromatic heterocycles. The molecule has 0 spiro atoms. The van der Waals surface area contributed by atoms with E-state index in [2.05, 4.69) is 17.2 Å². The van der Waals surface area contributed by atoms with Gasteiger partial charge in [-0.25, -0.2) is 4.79 Å². The summed E-state index contributed by atoms with van der Waals surface area (Å²) in [5.41, 5.74) is 5.02. The lowest BCUT2D eigenvalue weighted by Crippen LogP contribution is -2.01. The maximum Gasteiger partial charge on any atom is 0.339 e. The van der Waals surface area contributed by atoms with Crippen LogP contribution in [0.2, 0.25) is 0 Å². The molecule has 0 saturated heterocycles. The van der Waals surface area contributed by atoms with Crippen molar-refractivity contribution in [3.8, 4) is 11.3 Å². The van der Waals surface area contributed by atoms with E-state index in [1.807, 2.05) is 34.6 Å². The van der Waals surface area contributed by atoms with Crippen LogP contribution in [-0.2, 0) is 0 Å². The fourth-order valence-electron chi connectivity index (χ4n) is 2.55. The minimum absolute atomic E-state index is 0.132. The number of carboxylic acids is 1. The molecule has 0 radical (unpaired) electrons. The lowest BCUT2D eigenvalue weighted by Gasteiger charge is -2.10. The number of aromatic nitrogens is 2. The maximum absolute atomic E-state index is 11.5. The van der Waals surface area contributed by atoms with Gasteiger partial charge >= 0.3 is 5.97 Å². The highest BCUT2D eigenvalue weighted by Crippen LogP contribution is 2.30. The van der Waals surface area contributed by atoms with Gasteiger partial charge in [-0.1, -0.05) is 17.7 Å². The Bertz CT molecular complexity index is 646. The van der Waals surface area contributed by atoms with Gasteiger partial charge in [-0.2, -0.15) is 5.10 Å². The highest BCUT2D eigenvalue weighted by Gasteiger charge is 2.20. The molecule has 0 fully saturated rings. The lowest BCUT2D eigenvalue weighted by molar-refractivity contribution is 0.0697. The third-order valence-corrected chi connectivity index (χ3v) is 3.41. The molecule has 0 saturated carbocycles. The van der Waals surface area contributed by atoms with Gasteiger partial charge in [0.2, 0.25) is 0 Å². The van der Waals surface area contributed by atoms with Crippen LogP contribution in [0.5, 0.6) is 0 Å². The Morgan fingerprint density at radius 3 is 2.20 bits per heavy atom. The predicted molar refractivity (Wildman–Crippen MR) is 79.2 cm³/mol. The Morgan fingerprint density at radius 1 is 1.20 bits per heavy atom. The fourth-order valence-corrected chi connectivity index (χ4v) is 2.55. The standard InChI is InChI=1S/C16H20N2O2/c1-9(2)18-8-13(16(19)20)15(17-18)14-11(4)6-10(3)7-12(14)5/h6-9H,1-5H3,(H,19,20). The second-order valence-corrected chi connectivity index (χ2v) is 5.54. The summed E-state index contributed by atoms with van der Waals surface area (Å²) in [6.45, 7) is 9.99. The van der Waals surface area contributed by atoms with Crippen LogP contribution in [0.3, 0.4) is 0 Å². The Balaban J connectivity index is 2.72. The first-order valence-corrected chi connectivity index (χ1v) is 6.72. The van der Waals surface area contributed by atoms with Gasteiger partial charge in [0.25, 0.3) is 0 Å². The summed E-state index contributed by atoms with van der Waals surface area (Å²) >= 11 is 0. The van der Waals surface area contributed by atoms with Gasteiger partial charge in [0.05, 0.1) is 0 Å². The number of rotatable bonds is 3. The third kappa shape index (κ3) is 2.46. The number of hydrogen-bond donors (Lipinski definition) is 1. The van der Waals surface area contributed by atoms with E-state index in [1.54, 1.807) is 10.9 Å². The molecule has 0 atom stereocenters. The van der Waals surface area contributed by atoms with Gasteiger partial charge in [-0.15, -0.1) is 0 Å². The molecule has 0 aliphatic heterocycles. The van der Waals surface area contributed by atoms with Crippen LogP contribution in [-0.4, -0.2) is 20.9 Å². The normalized spacial score (nSPS) is 11.1. The second kappa shape index (κ2) is 5.12. The summed E-state index contributed by atoms with van der Waals surface area (Å²) in [6, 6.07) is 4.25. The number of aromatic carboxylic acids is 1. The van der Waals surface area contributed by atoms with E-state index < -0.39 is 5.97 Å². The first-order chi connectivity index (χ1) is 9.31. The van der Waals surface area contributed by atoms with Crippen LogP contribution in [0.15, 0.2) is 18.3 Å². The minimum atomic E-state index is -0.939. The zero-order chi connectivity index (χ0) is 15.0. The van der Waals surface area contributed by atoms with Gasteiger partial charge in [0.15, 0.2) is 0 Å². The molecular weight excluding hydrogens is 252 g/mol. The van der Waals surface area contributed by atoms with Gasteiger partial charge in [-0.05, 0) is 45.7 Å².